The minimum atomic E-state index is -1.23. The van der Waals surface area contributed by atoms with Gasteiger partial charge in [0.05, 0.1) is 16.3 Å². The van der Waals surface area contributed by atoms with Gasteiger partial charge in [-0.1, -0.05) is 48.5 Å². The van der Waals surface area contributed by atoms with E-state index in [-0.39, 0.29) is 18.5 Å². The Morgan fingerprint density at radius 2 is 1.83 bits per heavy atom. The molecule has 0 aliphatic carbocycles. The molecule has 6 rings (SSSR count). The molecule has 2 saturated heterocycles. The topological polar surface area (TPSA) is 82.6 Å². The summed E-state index contributed by atoms with van der Waals surface area (Å²) in [5, 5.41) is 5.78. The van der Waals surface area contributed by atoms with Crippen LogP contribution in [0.2, 0.25) is 0 Å². The fraction of sp³-hybridized carbons (Fsp3) is 0.286. The minimum absolute atomic E-state index is 0.142. The lowest BCUT2D eigenvalue weighted by molar-refractivity contribution is -0.141. The number of imide groups is 1. The first-order chi connectivity index (χ1) is 17.4. The van der Waals surface area contributed by atoms with E-state index in [0.29, 0.717) is 12.1 Å². The monoisotopic (exact) mass is 498 g/mol. The maximum atomic E-state index is 13.5. The van der Waals surface area contributed by atoms with E-state index < -0.39 is 17.5 Å². The first-order valence-corrected chi connectivity index (χ1v) is 13.0. The van der Waals surface area contributed by atoms with Crippen LogP contribution in [0.5, 0.6) is 0 Å². The number of aromatic nitrogens is 1. The first-order valence-electron chi connectivity index (χ1n) is 12.2. The van der Waals surface area contributed by atoms with Crippen LogP contribution in [-0.2, 0) is 15.1 Å². The molecule has 182 valence electrons. The standard InChI is InChI=1S/C28H26N4O3S/c1-28(20-14-13-18-8-2-3-9-19(18)16-20)26(34)32(27(35)30-28)17-24(33)31-15-7-6-11-22(31)25-29-21-10-4-5-12-23(21)36-25/h2-5,8-10,12-14,16,22H,6-7,11,15,17H2,1H3,(H,30,35)/t22-,28+/m0/s1. The van der Waals surface area contributed by atoms with Gasteiger partial charge in [0.15, 0.2) is 0 Å². The molecule has 2 aliphatic rings. The quantitative estimate of drug-likeness (QED) is 0.403. The maximum Gasteiger partial charge on any atom is 0.325 e. The molecule has 2 atom stereocenters. The summed E-state index contributed by atoms with van der Waals surface area (Å²) in [4.78, 5) is 47.6. The Labute approximate surface area is 212 Å². The molecule has 0 radical (unpaired) electrons. The van der Waals surface area contributed by atoms with E-state index in [1.165, 1.54) is 0 Å². The predicted octanol–water partition coefficient (Wildman–Crippen LogP) is 4.97. The van der Waals surface area contributed by atoms with Crippen molar-refractivity contribution in [2.75, 3.05) is 13.1 Å². The highest BCUT2D eigenvalue weighted by atomic mass is 32.1. The van der Waals surface area contributed by atoms with Crippen LogP contribution in [0.4, 0.5) is 4.79 Å². The molecule has 3 heterocycles. The van der Waals surface area contributed by atoms with Gasteiger partial charge < -0.3 is 10.2 Å². The van der Waals surface area contributed by atoms with Crippen LogP contribution in [0.25, 0.3) is 21.0 Å². The van der Waals surface area contributed by atoms with Gasteiger partial charge in [-0.15, -0.1) is 11.3 Å². The molecule has 4 amide bonds. The summed E-state index contributed by atoms with van der Waals surface area (Å²) < 4.78 is 1.09. The van der Waals surface area contributed by atoms with Crippen LogP contribution < -0.4 is 5.32 Å². The van der Waals surface area contributed by atoms with E-state index in [1.807, 2.05) is 66.7 Å². The number of rotatable bonds is 4. The summed E-state index contributed by atoms with van der Waals surface area (Å²) in [7, 11) is 0. The van der Waals surface area contributed by atoms with Gasteiger partial charge in [0.2, 0.25) is 5.91 Å². The average molecular weight is 499 g/mol. The summed E-state index contributed by atoms with van der Waals surface area (Å²) in [6.07, 6.45) is 2.72. The fourth-order valence-corrected chi connectivity index (χ4v) is 6.40. The van der Waals surface area contributed by atoms with Crippen LogP contribution >= 0.6 is 11.3 Å². The second-order valence-corrected chi connectivity index (χ2v) is 10.7. The van der Waals surface area contributed by atoms with E-state index in [0.717, 1.165) is 50.2 Å². The highest BCUT2D eigenvalue weighted by Crippen LogP contribution is 2.36. The summed E-state index contributed by atoms with van der Waals surface area (Å²) in [5.74, 6) is -0.644. The number of para-hydroxylation sites is 1. The Morgan fingerprint density at radius 3 is 2.67 bits per heavy atom. The number of benzene rings is 3. The number of nitrogens with one attached hydrogen (secondary N) is 1. The first kappa shape index (κ1) is 22.7. The number of likely N-dealkylation sites (tertiary alicyclic amines) is 1. The number of nitrogens with zero attached hydrogens (tertiary/aromatic N) is 3. The average Bonchev–Trinajstić information content (AvgIpc) is 3.43. The third kappa shape index (κ3) is 3.73. The maximum absolute atomic E-state index is 13.5. The van der Waals surface area contributed by atoms with Crippen molar-refractivity contribution in [3.05, 3.63) is 77.3 Å². The number of carbonyl (C=O) groups is 3. The lowest BCUT2D eigenvalue weighted by Gasteiger charge is -2.35. The van der Waals surface area contributed by atoms with Gasteiger partial charge in [0, 0.05) is 6.54 Å². The molecular formula is C28H26N4O3S. The highest BCUT2D eigenvalue weighted by molar-refractivity contribution is 7.18. The van der Waals surface area contributed by atoms with Crippen LogP contribution in [0, 0.1) is 0 Å². The Kier molecular flexibility index (Phi) is 5.48. The number of piperidine rings is 1. The molecule has 0 bridgehead atoms. The molecule has 1 aromatic heterocycles. The molecule has 8 heteroatoms. The van der Waals surface area contributed by atoms with Gasteiger partial charge in [-0.3, -0.25) is 14.5 Å². The van der Waals surface area contributed by atoms with Crippen molar-refractivity contribution in [3.8, 4) is 0 Å². The van der Waals surface area contributed by atoms with Crippen LogP contribution in [0.1, 0.15) is 42.8 Å². The zero-order valence-corrected chi connectivity index (χ0v) is 20.8. The predicted molar refractivity (Wildman–Crippen MR) is 139 cm³/mol. The molecule has 3 aromatic carbocycles. The summed E-state index contributed by atoms with van der Waals surface area (Å²) in [6, 6.07) is 20.9. The Hall–Kier alpha value is -3.78. The number of urea groups is 1. The molecule has 0 saturated carbocycles. The van der Waals surface area contributed by atoms with Gasteiger partial charge >= 0.3 is 6.03 Å². The van der Waals surface area contributed by atoms with Gasteiger partial charge in [-0.05, 0) is 60.7 Å². The summed E-state index contributed by atoms with van der Waals surface area (Å²) >= 11 is 1.60. The summed E-state index contributed by atoms with van der Waals surface area (Å²) in [5.41, 5.74) is 0.394. The molecule has 7 nitrogen and oxygen atoms in total. The number of thiazole rings is 1. The van der Waals surface area contributed by atoms with E-state index in [1.54, 1.807) is 23.2 Å². The number of carbonyl (C=O) groups excluding carboxylic acids is 3. The minimum Gasteiger partial charge on any atom is -0.332 e. The van der Waals surface area contributed by atoms with Crippen molar-refractivity contribution in [2.24, 2.45) is 0 Å². The molecule has 2 fully saturated rings. The number of hydrogen-bond acceptors (Lipinski definition) is 5. The van der Waals surface area contributed by atoms with E-state index in [4.69, 9.17) is 4.98 Å². The molecule has 36 heavy (non-hydrogen) atoms. The van der Waals surface area contributed by atoms with Crippen molar-refractivity contribution in [3.63, 3.8) is 0 Å². The normalized spacial score (nSPS) is 22.4. The highest BCUT2D eigenvalue weighted by Gasteiger charge is 2.50. The largest absolute Gasteiger partial charge is 0.332 e. The van der Waals surface area contributed by atoms with E-state index >= 15 is 0 Å². The molecular weight excluding hydrogens is 472 g/mol. The van der Waals surface area contributed by atoms with Crippen molar-refractivity contribution in [1.82, 2.24) is 20.1 Å². The molecule has 2 aliphatic heterocycles. The number of fused-ring (bicyclic) bond motifs is 2. The van der Waals surface area contributed by atoms with Crippen LogP contribution in [0.3, 0.4) is 0 Å². The lowest BCUT2D eigenvalue weighted by Crippen LogP contribution is -2.46. The van der Waals surface area contributed by atoms with Crippen molar-refractivity contribution in [1.29, 1.82) is 0 Å². The van der Waals surface area contributed by atoms with Gasteiger partial charge in [0.1, 0.15) is 17.1 Å². The SMILES string of the molecule is C[C@]1(c2ccc3ccccc3c2)NC(=O)N(CC(=O)N2CCCC[C@H]2c2nc3ccccc3s2)C1=O. The Morgan fingerprint density at radius 1 is 1.06 bits per heavy atom. The molecule has 0 spiro atoms. The van der Waals surface area contributed by atoms with E-state index in [2.05, 4.69) is 5.32 Å². The fourth-order valence-electron chi connectivity index (χ4n) is 5.28. The van der Waals surface area contributed by atoms with E-state index in [9.17, 15) is 14.4 Å². The van der Waals surface area contributed by atoms with Gasteiger partial charge in [-0.2, -0.15) is 0 Å². The zero-order valence-electron chi connectivity index (χ0n) is 19.9. The summed E-state index contributed by atoms with van der Waals surface area (Å²) in [6.45, 7) is 2.01. The van der Waals surface area contributed by atoms with Crippen LogP contribution in [0.15, 0.2) is 66.7 Å². The molecule has 4 aromatic rings. The van der Waals surface area contributed by atoms with Crippen molar-refractivity contribution in [2.45, 2.75) is 37.8 Å². The second-order valence-electron chi connectivity index (χ2n) is 9.63. The Balaban J connectivity index is 1.24. The van der Waals surface area contributed by atoms with Gasteiger partial charge in [0.25, 0.3) is 5.91 Å². The molecule has 1 N–H and O–H groups in total. The molecule has 0 unspecified atom stereocenters. The third-order valence-electron chi connectivity index (χ3n) is 7.31. The van der Waals surface area contributed by atoms with Gasteiger partial charge in [-0.25, -0.2) is 9.78 Å². The smallest absolute Gasteiger partial charge is 0.325 e. The Bertz CT molecular complexity index is 1480. The number of amides is 4. The number of hydrogen-bond donors (Lipinski definition) is 1. The second kappa shape index (κ2) is 8.71. The van der Waals surface area contributed by atoms with Crippen molar-refractivity contribution >= 4 is 50.2 Å². The lowest BCUT2D eigenvalue weighted by atomic mass is 9.90. The van der Waals surface area contributed by atoms with Crippen LogP contribution in [-0.4, -0.2) is 45.7 Å². The zero-order chi connectivity index (χ0) is 24.9. The third-order valence-corrected chi connectivity index (χ3v) is 8.45. The van der Waals surface area contributed by atoms with Crippen molar-refractivity contribution < 1.29 is 14.4 Å².